The second-order valence-corrected chi connectivity index (χ2v) is 6.35. The second kappa shape index (κ2) is 8.69. The normalized spacial score (nSPS) is 12.2. The van der Waals surface area contributed by atoms with Gasteiger partial charge in [-0.1, -0.05) is 78.9 Å². The predicted molar refractivity (Wildman–Crippen MR) is 108 cm³/mol. The second-order valence-electron chi connectivity index (χ2n) is 6.35. The van der Waals surface area contributed by atoms with Gasteiger partial charge in [-0.05, 0) is 30.2 Å². The van der Waals surface area contributed by atoms with Gasteiger partial charge in [0.1, 0.15) is 11.7 Å². The molecule has 0 aliphatic rings. The van der Waals surface area contributed by atoms with Gasteiger partial charge in [0.2, 0.25) is 0 Å². The minimum atomic E-state index is -1.48. The van der Waals surface area contributed by atoms with Gasteiger partial charge in [-0.25, -0.2) is 4.79 Å². The fourth-order valence-electron chi connectivity index (χ4n) is 3.11. The number of nitrogens with zero attached hydrogens (tertiary/aromatic N) is 1. The quantitative estimate of drug-likeness (QED) is 0.642. The van der Waals surface area contributed by atoms with Gasteiger partial charge in [0.05, 0.1) is 12.8 Å². The van der Waals surface area contributed by atoms with Crippen molar-refractivity contribution in [2.24, 2.45) is 0 Å². The molecule has 5 heteroatoms. The van der Waals surface area contributed by atoms with Gasteiger partial charge in [0, 0.05) is 0 Å². The third-order valence-electron chi connectivity index (χ3n) is 4.61. The highest BCUT2D eigenvalue weighted by atomic mass is 16.7. The Morgan fingerprint density at radius 1 is 0.857 bits per heavy atom. The average Bonchev–Trinajstić information content (AvgIpc) is 2.78. The van der Waals surface area contributed by atoms with Crippen molar-refractivity contribution in [3.8, 4) is 0 Å². The van der Waals surface area contributed by atoms with Crippen molar-refractivity contribution in [1.29, 1.82) is 0 Å². The van der Waals surface area contributed by atoms with Crippen molar-refractivity contribution in [2.75, 3.05) is 12.2 Å². The summed E-state index contributed by atoms with van der Waals surface area (Å²) in [6.45, 7) is 1.72. The van der Waals surface area contributed by atoms with Crippen LogP contribution in [-0.4, -0.2) is 24.4 Å². The summed E-state index contributed by atoms with van der Waals surface area (Å²) in [7, 11) is 1.28. The number of hydrogen-bond donors (Lipinski definition) is 1. The van der Waals surface area contributed by atoms with Gasteiger partial charge >= 0.3 is 6.09 Å². The Kier molecular flexibility index (Phi) is 6.09. The smallest absolute Gasteiger partial charge is 0.438 e. The fraction of sp³-hybridized carbons (Fsp3) is 0.174. The molecule has 5 nitrogen and oxygen atoms in total. The van der Waals surface area contributed by atoms with E-state index in [-0.39, 0.29) is 0 Å². The first-order valence-electron chi connectivity index (χ1n) is 9.00. The molecule has 28 heavy (non-hydrogen) atoms. The molecule has 144 valence electrons. The zero-order chi connectivity index (χ0) is 20.0. The molecule has 0 aliphatic carbocycles. The van der Waals surface area contributed by atoms with Crippen LogP contribution < -0.4 is 5.06 Å². The lowest BCUT2D eigenvalue weighted by Crippen LogP contribution is -2.46. The number of hydrogen-bond acceptors (Lipinski definition) is 4. The molecule has 3 aromatic rings. The SMILES string of the molecule is COC(=O)N(OC(C)C(O)(c1ccccc1)c1ccccc1)c1ccccc1. The third-order valence-corrected chi connectivity index (χ3v) is 4.61. The number of ether oxygens (including phenoxy) is 1. The first kappa shape index (κ1) is 19.6. The summed E-state index contributed by atoms with van der Waals surface area (Å²) in [5.41, 5.74) is 0.339. The van der Waals surface area contributed by atoms with Gasteiger partial charge in [0.25, 0.3) is 0 Å². The Hall–Kier alpha value is -3.15. The number of para-hydroxylation sites is 1. The third kappa shape index (κ3) is 3.91. The topological polar surface area (TPSA) is 59.0 Å². The Morgan fingerprint density at radius 2 is 1.29 bits per heavy atom. The van der Waals surface area contributed by atoms with E-state index in [0.717, 1.165) is 5.06 Å². The number of carbonyl (C=O) groups excluding carboxylic acids is 1. The number of amides is 1. The van der Waals surface area contributed by atoms with Crippen molar-refractivity contribution >= 4 is 11.8 Å². The van der Waals surface area contributed by atoms with E-state index in [9.17, 15) is 9.90 Å². The van der Waals surface area contributed by atoms with Crippen LogP contribution in [0.15, 0.2) is 91.0 Å². The zero-order valence-electron chi connectivity index (χ0n) is 15.9. The van der Waals surface area contributed by atoms with Crippen LogP contribution in [0.2, 0.25) is 0 Å². The largest absolute Gasteiger partial charge is 0.451 e. The molecule has 0 fully saturated rings. The molecule has 0 saturated heterocycles. The minimum Gasteiger partial charge on any atom is -0.451 e. The molecule has 3 rings (SSSR count). The summed E-state index contributed by atoms with van der Waals surface area (Å²) in [6.07, 6.45) is -1.49. The van der Waals surface area contributed by atoms with Crippen molar-refractivity contribution in [3.63, 3.8) is 0 Å². The molecular formula is C23H23NO4. The van der Waals surface area contributed by atoms with Crippen LogP contribution in [0.5, 0.6) is 0 Å². The van der Waals surface area contributed by atoms with E-state index in [1.165, 1.54) is 7.11 Å². The van der Waals surface area contributed by atoms with Crippen molar-refractivity contribution < 1.29 is 19.5 Å². The number of anilines is 1. The molecule has 1 unspecified atom stereocenters. The molecule has 0 heterocycles. The van der Waals surface area contributed by atoms with E-state index in [4.69, 9.17) is 9.57 Å². The van der Waals surface area contributed by atoms with Gasteiger partial charge in [0.15, 0.2) is 0 Å². The first-order valence-corrected chi connectivity index (χ1v) is 9.00. The summed E-state index contributed by atoms with van der Waals surface area (Å²) in [6, 6.07) is 27.4. The van der Waals surface area contributed by atoms with E-state index >= 15 is 0 Å². The maximum atomic E-state index is 12.3. The van der Waals surface area contributed by atoms with Crippen molar-refractivity contribution in [2.45, 2.75) is 18.6 Å². The van der Waals surface area contributed by atoms with E-state index in [2.05, 4.69) is 0 Å². The lowest BCUT2D eigenvalue weighted by Gasteiger charge is -2.37. The molecule has 0 aromatic heterocycles. The number of benzene rings is 3. The van der Waals surface area contributed by atoms with Gasteiger partial charge in [-0.3, -0.25) is 4.84 Å². The Bertz CT molecular complexity index is 845. The van der Waals surface area contributed by atoms with Gasteiger partial charge in [-0.2, -0.15) is 5.06 Å². The molecule has 3 aromatic carbocycles. The number of hydroxylamine groups is 1. The molecule has 0 radical (unpaired) electrons. The fourth-order valence-corrected chi connectivity index (χ4v) is 3.11. The standard InChI is InChI=1S/C23H23NO4/c1-18(28-24(22(25)27-2)21-16-10-5-11-17-21)23(26,19-12-6-3-7-13-19)20-14-8-4-9-15-20/h3-18,26H,1-2H3. The number of rotatable bonds is 6. The van der Waals surface area contributed by atoms with Crippen LogP contribution in [0, 0.1) is 0 Å². The number of carbonyl (C=O) groups is 1. The molecule has 1 N–H and O–H groups in total. The van der Waals surface area contributed by atoms with E-state index in [1.807, 2.05) is 66.7 Å². The van der Waals surface area contributed by atoms with Crippen LogP contribution in [-0.2, 0) is 15.2 Å². The molecule has 1 amide bonds. The lowest BCUT2D eigenvalue weighted by molar-refractivity contribution is -0.0857. The monoisotopic (exact) mass is 377 g/mol. The lowest BCUT2D eigenvalue weighted by atomic mass is 9.82. The summed E-state index contributed by atoms with van der Waals surface area (Å²) in [4.78, 5) is 18.3. The Labute approximate surface area is 164 Å². The molecule has 0 bridgehead atoms. The van der Waals surface area contributed by atoms with E-state index in [0.29, 0.717) is 16.8 Å². The highest BCUT2D eigenvalue weighted by molar-refractivity contribution is 5.85. The first-order chi connectivity index (χ1) is 13.6. The molecular weight excluding hydrogens is 354 g/mol. The van der Waals surface area contributed by atoms with Crippen molar-refractivity contribution in [3.05, 3.63) is 102 Å². The molecule has 0 spiro atoms. The minimum absolute atomic E-state index is 0.504. The van der Waals surface area contributed by atoms with Crippen LogP contribution in [0.1, 0.15) is 18.1 Å². The van der Waals surface area contributed by atoms with Crippen LogP contribution in [0.3, 0.4) is 0 Å². The van der Waals surface area contributed by atoms with Gasteiger partial charge < -0.3 is 9.84 Å². The molecule has 1 atom stereocenters. The van der Waals surface area contributed by atoms with Crippen LogP contribution in [0.4, 0.5) is 10.5 Å². The van der Waals surface area contributed by atoms with Gasteiger partial charge in [-0.15, -0.1) is 0 Å². The zero-order valence-corrected chi connectivity index (χ0v) is 15.9. The summed E-state index contributed by atoms with van der Waals surface area (Å²) >= 11 is 0. The average molecular weight is 377 g/mol. The summed E-state index contributed by atoms with van der Waals surface area (Å²) in [5, 5.41) is 12.8. The van der Waals surface area contributed by atoms with E-state index < -0.39 is 17.8 Å². The van der Waals surface area contributed by atoms with E-state index in [1.54, 1.807) is 31.2 Å². The highest BCUT2D eigenvalue weighted by Crippen LogP contribution is 2.35. The van der Waals surface area contributed by atoms with Crippen LogP contribution >= 0.6 is 0 Å². The number of aliphatic hydroxyl groups is 1. The molecule has 0 saturated carbocycles. The van der Waals surface area contributed by atoms with Crippen LogP contribution in [0.25, 0.3) is 0 Å². The van der Waals surface area contributed by atoms with Crippen molar-refractivity contribution in [1.82, 2.24) is 0 Å². The maximum absolute atomic E-state index is 12.3. The maximum Gasteiger partial charge on any atom is 0.438 e. The number of methoxy groups -OCH3 is 1. The highest BCUT2D eigenvalue weighted by Gasteiger charge is 2.41. The molecule has 0 aliphatic heterocycles. The predicted octanol–water partition coefficient (Wildman–Crippen LogP) is 4.52. The Balaban J connectivity index is 2.02. The summed E-state index contributed by atoms with van der Waals surface area (Å²) in [5.74, 6) is 0. The summed E-state index contributed by atoms with van der Waals surface area (Å²) < 4.78 is 4.87. The Morgan fingerprint density at radius 3 is 1.71 bits per heavy atom.